The second-order valence-electron chi connectivity index (χ2n) is 5.11. The van der Waals surface area contributed by atoms with Gasteiger partial charge in [-0.3, -0.25) is 0 Å². The topological polar surface area (TPSA) is 57.1 Å². The van der Waals surface area contributed by atoms with E-state index in [-0.39, 0.29) is 5.70 Å². The van der Waals surface area contributed by atoms with Crippen LogP contribution in [0.4, 0.5) is 0 Å². The highest BCUT2D eigenvalue weighted by Gasteiger charge is 2.22. The number of cyclic esters (lactones) is 1. The van der Waals surface area contributed by atoms with Gasteiger partial charge in [0, 0.05) is 0 Å². The summed E-state index contributed by atoms with van der Waals surface area (Å²) >= 11 is 0. The minimum absolute atomic E-state index is 0.276. The summed E-state index contributed by atoms with van der Waals surface area (Å²) in [6, 6.07) is 16.9. The molecule has 5 heteroatoms. The summed E-state index contributed by atoms with van der Waals surface area (Å²) in [7, 11) is 1.60. The van der Waals surface area contributed by atoms with Gasteiger partial charge < -0.3 is 14.2 Å². The first-order chi connectivity index (χ1) is 11.7. The molecule has 122 valence electrons. The first-order valence-electron chi connectivity index (χ1n) is 7.58. The first-order valence-corrected chi connectivity index (χ1v) is 7.58. The third-order valence-corrected chi connectivity index (χ3v) is 3.39. The maximum Gasteiger partial charge on any atom is 0.363 e. The SMILES string of the molecule is COc1cccc(/C=C2/N=C(CCOc3ccccc3)OC2=O)c1. The molecule has 2 aromatic carbocycles. The van der Waals surface area contributed by atoms with E-state index in [1.54, 1.807) is 13.2 Å². The van der Waals surface area contributed by atoms with Crippen molar-refractivity contribution in [2.75, 3.05) is 13.7 Å². The number of para-hydroxylation sites is 1. The maximum atomic E-state index is 11.9. The number of benzene rings is 2. The van der Waals surface area contributed by atoms with Crippen LogP contribution in [0.25, 0.3) is 6.08 Å². The summed E-state index contributed by atoms with van der Waals surface area (Å²) in [5, 5.41) is 0. The predicted octanol–water partition coefficient (Wildman–Crippen LogP) is 3.46. The van der Waals surface area contributed by atoms with Gasteiger partial charge in [0.2, 0.25) is 5.90 Å². The molecule has 0 unspecified atom stereocenters. The zero-order valence-electron chi connectivity index (χ0n) is 13.3. The highest BCUT2D eigenvalue weighted by atomic mass is 16.6. The lowest BCUT2D eigenvalue weighted by atomic mass is 10.2. The fourth-order valence-corrected chi connectivity index (χ4v) is 2.22. The normalized spacial score (nSPS) is 15.1. The molecule has 0 saturated carbocycles. The van der Waals surface area contributed by atoms with Crippen LogP contribution in [0.5, 0.6) is 11.5 Å². The van der Waals surface area contributed by atoms with Gasteiger partial charge in [-0.05, 0) is 35.9 Å². The Bertz CT molecular complexity index is 781. The van der Waals surface area contributed by atoms with Crippen LogP contribution in [-0.2, 0) is 9.53 Å². The molecule has 0 bridgehead atoms. The lowest BCUT2D eigenvalue weighted by Crippen LogP contribution is -2.08. The minimum Gasteiger partial charge on any atom is -0.497 e. The van der Waals surface area contributed by atoms with Crippen molar-refractivity contribution >= 4 is 17.9 Å². The number of methoxy groups -OCH3 is 1. The third kappa shape index (κ3) is 4.01. The quantitative estimate of drug-likeness (QED) is 0.603. The number of ether oxygens (including phenoxy) is 3. The Balaban J connectivity index is 1.63. The molecule has 3 rings (SSSR count). The Hall–Kier alpha value is -3.08. The standard InChI is InChI=1S/C19H17NO4/c1-22-16-9-5-6-14(12-16)13-17-19(21)24-18(20-17)10-11-23-15-7-3-2-4-8-15/h2-9,12-13H,10-11H2,1H3/b17-13+. The Kier molecular flexibility index (Phi) is 4.91. The van der Waals surface area contributed by atoms with E-state index < -0.39 is 5.97 Å². The molecule has 0 saturated heterocycles. The molecule has 0 amide bonds. The van der Waals surface area contributed by atoms with E-state index in [2.05, 4.69) is 4.99 Å². The summed E-state index contributed by atoms with van der Waals surface area (Å²) < 4.78 is 15.9. The van der Waals surface area contributed by atoms with Gasteiger partial charge in [0.15, 0.2) is 5.70 Å². The summed E-state index contributed by atoms with van der Waals surface area (Å²) in [4.78, 5) is 16.1. The highest BCUT2D eigenvalue weighted by molar-refractivity contribution is 6.07. The van der Waals surface area contributed by atoms with Crippen molar-refractivity contribution in [1.29, 1.82) is 0 Å². The van der Waals surface area contributed by atoms with Crippen molar-refractivity contribution in [3.05, 3.63) is 65.9 Å². The van der Waals surface area contributed by atoms with Crippen LogP contribution in [0.15, 0.2) is 65.3 Å². The molecule has 2 aromatic rings. The average molecular weight is 323 g/mol. The second kappa shape index (κ2) is 7.46. The van der Waals surface area contributed by atoms with Gasteiger partial charge in [-0.25, -0.2) is 9.79 Å². The van der Waals surface area contributed by atoms with Gasteiger partial charge in [0.1, 0.15) is 11.5 Å². The van der Waals surface area contributed by atoms with Crippen LogP contribution in [0.2, 0.25) is 0 Å². The Morgan fingerprint density at radius 2 is 1.88 bits per heavy atom. The summed E-state index contributed by atoms with van der Waals surface area (Å²) in [6.45, 7) is 0.391. The van der Waals surface area contributed by atoms with Gasteiger partial charge >= 0.3 is 5.97 Å². The van der Waals surface area contributed by atoms with E-state index in [4.69, 9.17) is 14.2 Å². The van der Waals surface area contributed by atoms with Crippen molar-refractivity contribution < 1.29 is 19.0 Å². The van der Waals surface area contributed by atoms with Crippen molar-refractivity contribution in [1.82, 2.24) is 0 Å². The molecule has 1 heterocycles. The molecule has 0 N–H and O–H groups in total. The highest BCUT2D eigenvalue weighted by Crippen LogP contribution is 2.20. The number of carbonyl (C=O) groups excluding carboxylic acids is 1. The summed E-state index contributed by atoms with van der Waals surface area (Å²) in [5.74, 6) is 1.41. The second-order valence-corrected chi connectivity index (χ2v) is 5.11. The molecule has 0 aromatic heterocycles. The Morgan fingerprint density at radius 3 is 2.67 bits per heavy atom. The van der Waals surface area contributed by atoms with Gasteiger partial charge in [-0.1, -0.05) is 30.3 Å². The zero-order chi connectivity index (χ0) is 16.8. The van der Waals surface area contributed by atoms with Gasteiger partial charge in [-0.15, -0.1) is 0 Å². The lowest BCUT2D eigenvalue weighted by molar-refractivity contribution is -0.130. The van der Waals surface area contributed by atoms with Gasteiger partial charge in [0.25, 0.3) is 0 Å². The van der Waals surface area contributed by atoms with Crippen LogP contribution >= 0.6 is 0 Å². The van der Waals surface area contributed by atoms with Crippen LogP contribution < -0.4 is 9.47 Å². The van der Waals surface area contributed by atoms with Crippen LogP contribution in [-0.4, -0.2) is 25.6 Å². The molecule has 0 atom stereocenters. The fraction of sp³-hybridized carbons (Fsp3) is 0.158. The van der Waals surface area contributed by atoms with Crippen LogP contribution in [0.3, 0.4) is 0 Å². The fourth-order valence-electron chi connectivity index (χ4n) is 2.22. The smallest absolute Gasteiger partial charge is 0.363 e. The minimum atomic E-state index is -0.451. The molecule has 0 aliphatic carbocycles. The van der Waals surface area contributed by atoms with E-state index in [1.165, 1.54) is 0 Å². The number of hydrogen-bond acceptors (Lipinski definition) is 5. The van der Waals surface area contributed by atoms with Crippen molar-refractivity contribution in [2.45, 2.75) is 6.42 Å². The Morgan fingerprint density at radius 1 is 1.08 bits per heavy atom. The van der Waals surface area contributed by atoms with Gasteiger partial charge in [0.05, 0.1) is 20.1 Å². The van der Waals surface area contributed by atoms with Gasteiger partial charge in [-0.2, -0.15) is 0 Å². The molecule has 0 radical (unpaired) electrons. The largest absolute Gasteiger partial charge is 0.497 e. The monoisotopic (exact) mass is 323 g/mol. The molecular weight excluding hydrogens is 306 g/mol. The molecule has 1 aliphatic heterocycles. The first kappa shape index (κ1) is 15.8. The molecule has 5 nitrogen and oxygen atoms in total. The number of nitrogens with zero attached hydrogens (tertiary/aromatic N) is 1. The van der Waals surface area contributed by atoms with E-state index in [9.17, 15) is 4.79 Å². The molecule has 1 aliphatic rings. The number of rotatable bonds is 6. The lowest BCUT2D eigenvalue weighted by Gasteiger charge is -2.04. The van der Waals surface area contributed by atoms with Crippen molar-refractivity contribution in [2.24, 2.45) is 4.99 Å². The molecule has 0 fully saturated rings. The molecule has 0 spiro atoms. The van der Waals surface area contributed by atoms with Crippen molar-refractivity contribution in [3.63, 3.8) is 0 Å². The predicted molar refractivity (Wildman–Crippen MR) is 91.1 cm³/mol. The van der Waals surface area contributed by atoms with E-state index in [0.717, 1.165) is 17.1 Å². The zero-order valence-corrected chi connectivity index (χ0v) is 13.3. The number of esters is 1. The number of aliphatic imine (C=N–C) groups is 1. The molecule has 24 heavy (non-hydrogen) atoms. The number of hydrogen-bond donors (Lipinski definition) is 0. The average Bonchev–Trinajstić information content (AvgIpc) is 2.95. The third-order valence-electron chi connectivity index (χ3n) is 3.39. The van der Waals surface area contributed by atoms with Crippen LogP contribution in [0.1, 0.15) is 12.0 Å². The Labute approximate surface area is 140 Å². The van der Waals surface area contributed by atoms with Crippen molar-refractivity contribution in [3.8, 4) is 11.5 Å². The van der Waals surface area contributed by atoms with E-state index in [0.29, 0.717) is 18.9 Å². The van der Waals surface area contributed by atoms with E-state index >= 15 is 0 Å². The van der Waals surface area contributed by atoms with E-state index in [1.807, 2.05) is 54.6 Å². The number of carbonyl (C=O) groups is 1. The summed E-state index contributed by atoms with van der Waals surface area (Å²) in [5.41, 5.74) is 1.10. The summed E-state index contributed by atoms with van der Waals surface area (Å²) in [6.07, 6.45) is 2.10. The molecular formula is C19H17NO4. The maximum absolute atomic E-state index is 11.9. The van der Waals surface area contributed by atoms with Crippen LogP contribution in [0, 0.1) is 0 Å².